The summed E-state index contributed by atoms with van der Waals surface area (Å²) in [5.41, 5.74) is -0.0191. The van der Waals surface area contributed by atoms with Gasteiger partial charge in [-0.25, -0.2) is 0 Å². The van der Waals surface area contributed by atoms with Crippen LogP contribution in [0.1, 0.15) is 13.3 Å². The van der Waals surface area contributed by atoms with Gasteiger partial charge in [0.15, 0.2) is 0 Å². The molecule has 1 heterocycles. The van der Waals surface area contributed by atoms with Gasteiger partial charge in [-0.15, -0.1) is 0 Å². The van der Waals surface area contributed by atoms with Crippen molar-refractivity contribution < 1.29 is 56.1 Å². The van der Waals surface area contributed by atoms with Gasteiger partial charge in [-0.1, -0.05) is 12.5 Å². The van der Waals surface area contributed by atoms with E-state index in [1.165, 1.54) is 0 Å². The van der Waals surface area contributed by atoms with Crippen LogP contribution in [-0.2, 0) is 4.74 Å². The molecule has 1 rings (SSSR count). The predicted octanol–water partition coefficient (Wildman–Crippen LogP) is -2.07. The van der Waals surface area contributed by atoms with Crippen molar-refractivity contribution >= 4 is 0 Å². The molecule has 1 aliphatic heterocycles. The van der Waals surface area contributed by atoms with Crippen molar-refractivity contribution in [2.24, 2.45) is 0 Å². The van der Waals surface area contributed by atoms with Crippen molar-refractivity contribution in [1.82, 2.24) is 4.90 Å². The Morgan fingerprint density at radius 2 is 2.18 bits per heavy atom. The van der Waals surface area contributed by atoms with Crippen molar-refractivity contribution in [3.63, 3.8) is 0 Å². The second kappa shape index (κ2) is 4.70. The van der Waals surface area contributed by atoms with Gasteiger partial charge in [-0.3, -0.25) is 0 Å². The Bertz CT molecular complexity index is 127. The number of rotatable bonds is 1. The minimum atomic E-state index is -0.0191. The zero-order valence-corrected chi connectivity index (χ0v) is 11.2. The number of ether oxygens (including phenoxy) is 1. The summed E-state index contributed by atoms with van der Waals surface area (Å²) >= 11 is 0. The molecular formula is C8H16KNO. The van der Waals surface area contributed by atoms with Gasteiger partial charge in [-0.05, 0) is 20.0 Å². The van der Waals surface area contributed by atoms with Gasteiger partial charge in [-0.2, -0.15) is 0 Å². The summed E-state index contributed by atoms with van der Waals surface area (Å²) in [4.78, 5) is 2.24. The molecule has 1 aliphatic rings. The van der Waals surface area contributed by atoms with Gasteiger partial charge in [0.1, 0.15) is 0 Å². The van der Waals surface area contributed by atoms with Crippen LogP contribution in [0, 0.1) is 6.92 Å². The molecule has 2 atom stereocenters. The standard InChI is InChI=1S/C8H16NO.K/c1-8(2)7(10-4)5-6-9(8)3;/h7H,1,5-6H2,2-4H3;/q-1;+1. The van der Waals surface area contributed by atoms with E-state index < -0.39 is 0 Å². The molecule has 0 bridgehead atoms. The zero-order chi connectivity index (χ0) is 7.78. The van der Waals surface area contributed by atoms with Crippen LogP contribution >= 0.6 is 0 Å². The molecule has 11 heavy (non-hydrogen) atoms. The number of likely N-dealkylation sites (tertiary alicyclic amines) is 1. The molecule has 0 saturated carbocycles. The van der Waals surface area contributed by atoms with E-state index in [2.05, 4.69) is 25.8 Å². The van der Waals surface area contributed by atoms with Gasteiger partial charge in [0.25, 0.3) is 0 Å². The van der Waals surface area contributed by atoms with E-state index in [1.54, 1.807) is 7.11 Å². The fraction of sp³-hybridized carbons (Fsp3) is 0.875. The first-order valence-electron chi connectivity index (χ1n) is 3.68. The second-order valence-electron chi connectivity index (χ2n) is 3.29. The van der Waals surface area contributed by atoms with E-state index in [1.807, 2.05) is 0 Å². The smallest absolute Gasteiger partial charge is 0.382 e. The van der Waals surface area contributed by atoms with Crippen LogP contribution in [0.15, 0.2) is 0 Å². The Morgan fingerprint density at radius 1 is 1.64 bits per heavy atom. The van der Waals surface area contributed by atoms with Crippen LogP contribution < -0.4 is 51.4 Å². The first-order chi connectivity index (χ1) is 4.59. The van der Waals surface area contributed by atoms with E-state index >= 15 is 0 Å². The van der Waals surface area contributed by atoms with Crippen molar-refractivity contribution in [3.8, 4) is 0 Å². The third-order valence-electron chi connectivity index (χ3n) is 2.58. The fourth-order valence-corrected chi connectivity index (χ4v) is 1.49. The normalized spacial score (nSPS) is 38.7. The summed E-state index contributed by atoms with van der Waals surface area (Å²) in [7, 11) is 3.85. The molecule has 60 valence electrons. The number of likely N-dealkylation sites (N-methyl/N-ethyl adjacent to an activating group) is 1. The molecule has 0 amide bonds. The summed E-state index contributed by atoms with van der Waals surface area (Å²) in [6.07, 6.45) is 1.41. The summed E-state index contributed by atoms with van der Waals surface area (Å²) in [6, 6.07) is 0. The quantitative estimate of drug-likeness (QED) is 0.340. The maximum atomic E-state index is 5.29. The minimum Gasteiger partial charge on any atom is -0.382 e. The van der Waals surface area contributed by atoms with Crippen molar-refractivity contribution in [2.45, 2.75) is 25.0 Å². The van der Waals surface area contributed by atoms with Crippen LogP contribution in [0.5, 0.6) is 0 Å². The molecule has 0 N–H and O–H groups in total. The first-order valence-corrected chi connectivity index (χ1v) is 3.68. The monoisotopic (exact) mass is 181 g/mol. The maximum Gasteiger partial charge on any atom is 1.00 e. The summed E-state index contributed by atoms with van der Waals surface area (Å²) in [5, 5.41) is 0. The van der Waals surface area contributed by atoms with Gasteiger partial charge in [0, 0.05) is 13.2 Å². The predicted molar refractivity (Wildman–Crippen MR) is 41.8 cm³/mol. The largest absolute Gasteiger partial charge is 1.00 e. The maximum absolute atomic E-state index is 5.29. The van der Waals surface area contributed by atoms with Crippen molar-refractivity contribution in [2.75, 3.05) is 20.7 Å². The van der Waals surface area contributed by atoms with Crippen LogP contribution in [0.25, 0.3) is 0 Å². The van der Waals surface area contributed by atoms with E-state index in [0.29, 0.717) is 6.10 Å². The Balaban J connectivity index is 0.000001000. The van der Waals surface area contributed by atoms with Crippen molar-refractivity contribution in [1.29, 1.82) is 0 Å². The van der Waals surface area contributed by atoms with Crippen LogP contribution in [0.4, 0.5) is 0 Å². The average Bonchev–Trinajstić information content (AvgIpc) is 2.10. The van der Waals surface area contributed by atoms with E-state index in [0.717, 1.165) is 13.0 Å². The zero-order valence-electron chi connectivity index (χ0n) is 8.05. The second-order valence-corrected chi connectivity index (χ2v) is 3.29. The molecule has 2 nitrogen and oxygen atoms in total. The third kappa shape index (κ3) is 2.50. The molecule has 0 aromatic rings. The molecule has 0 radical (unpaired) electrons. The number of hydrogen-bond donors (Lipinski definition) is 0. The molecule has 2 unspecified atom stereocenters. The van der Waals surface area contributed by atoms with E-state index in [9.17, 15) is 0 Å². The van der Waals surface area contributed by atoms with Gasteiger partial charge in [0.05, 0.1) is 0 Å². The fourth-order valence-electron chi connectivity index (χ4n) is 1.49. The van der Waals surface area contributed by atoms with Crippen LogP contribution in [0.2, 0.25) is 0 Å². The first kappa shape index (κ1) is 12.6. The molecule has 0 aromatic heterocycles. The number of methoxy groups -OCH3 is 1. The molecular weight excluding hydrogens is 165 g/mol. The van der Waals surface area contributed by atoms with E-state index in [4.69, 9.17) is 4.74 Å². The molecule has 0 spiro atoms. The molecule has 1 saturated heterocycles. The summed E-state index contributed by atoms with van der Waals surface area (Å²) < 4.78 is 5.29. The average molecular weight is 181 g/mol. The van der Waals surface area contributed by atoms with Gasteiger partial charge >= 0.3 is 51.4 Å². The SMILES string of the molecule is [CH2-]C1(C)C(OC)CCN1C.[K+]. The number of hydrogen-bond acceptors (Lipinski definition) is 2. The Labute approximate surface area is 112 Å². The van der Waals surface area contributed by atoms with Crippen LogP contribution in [-0.4, -0.2) is 37.2 Å². The van der Waals surface area contributed by atoms with Gasteiger partial charge in [0.2, 0.25) is 0 Å². The Hall–Kier alpha value is 1.56. The molecule has 3 heteroatoms. The molecule has 0 aliphatic carbocycles. The third-order valence-corrected chi connectivity index (χ3v) is 2.58. The van der Waals surface area contributed by atoms with Crippen LogP contribution in [0.3, 0.4) is 0 Å². The van der Waals surface area contributed by atoms with Gasteiger partial charge < -0.3 is 16.6 Å². The van der Waals surface area contributed by atoms with Crippen molar-refractivity contribution in [3.05, 3.63) is 6.92 Å². The summed E-state index contributed by atoms with van der Waals surface area (Å²) in [6.45, 7) is 7.32. The Kier molecular flexibility index (Phi) is 5.36. The molecule has 0 aromatic carbocycles. The number of nitrogens with zero attached hydrogens (tertiary/aromatic N) is 1. The Morgan fingerprint density at radius 3 is 2.36 bits per heavy atom. The molecule has 1 fully saturated rings. The minimum absolute atomic E-state index is 0. The van der Waals surface area contributed by atoms with E-state index in [-0.39, 0.29) is 56.9 Å². The summed E-state index contributed by atoms with van der Waals surface area (Å²) in [5.74, 6) is 0. The topological polar surface area (TPSA) is 12.5 Å².